The van der Waals surface area contributed by atoms with Gasteiger partial charge in [-0.15, -0.1) is 0 Å². The normalized spacial score (nSPS) is 11.5. The van der Waals surface area contributed by atoms with Crippen LogP contribution in [0, 0.1) is 6.92 Å². The second-order valence-electron chi connectivity index (χ2n) is 6.52. The maximum atomic E-state index is 5.93. The largest absolute Gasteiger partial charge is 0.493 e. The van der Waals surface area contributed by atoms with Gasteiger partial charge in [0.05, 0.1) is 6.61 Å². The Morgan fingerprint density at radius 3 is 2.52 bits per heavy atom. The van der Waals surface area contributed by atoms with Gasteiger partial charge in [0.15, 0.2) is 0 Å². The van der Waals surface area contributed by atoms with Crippen LogP contribution >= 0.6 is 23.2 Å². The minimum absolute atomic E-state index is 0.199. The van der Waals surface area contributed by atoms with E-state index in [4.69, 9.17) is 37.5 Å². The summed E-state index contributed by atoms with van der Waals surface area (Å²) >= 11 is 11.2. The molecule has 0 saturated heterocycles. The third-order valence-electron chi connectivity index (χ3n) is 3.09. The Kier molecular flexibility index (Phi) is 9.15. The van der Waals surface area contributed by atoms with E-state index in [1.807, 2.05) is 39.8 Å². The highest BCUT2D eigenvalue weighted by atomic mass is 35.5. The van der Waals surface area contributed by atoms with Gasteiger partial charge >= 0.3 is 0 Å². The molecule has 0 bridgehead atoms. The van der Waals surface area contributed by atoms with Crippen LogP contribution in [0.5, 0.6) is 11.5 Å². The number of halogens is 2. The van der Waals surface area contributed by atoms with E-state index in [1.165, 1.54) is 0 Å². The van der Waals surface area contributed by atoms with Crippen LogP contribution in [-0.2, 0) is 11.3 Å². The molecule has 4 nitrogen and oxygen atoms in total. The average molecular weight is 388 g/mol. The van der Waals surface area contributed by atoms with Crippen LogP contribution in [0.25, 0.3) is 0 Å². The van der Waals surface area contributed by atoms with E-state index in [1.54, 1.807) is 12.3 Å². The molecule has 0 aliphatic rings. The lowest BCUT2D eigenvalue weighted by atomic mass is 10.1. The fourth-order valence-corrected chi connectivity index (χ4v) is 2.15. The Bertz CT molecular complexity index is 603. The highest BCUT2D eigenvalue weighted by Gasteiger charge is 2.10. The second-order valence-corrected chi connectivity index (χ2v) is 7.52. The summed E-state index contributed by atoms with van der Waals surface area (Å²) in [6.07, 6.45) is 4.86. The zero-order chi connectivity index (χ0) is 18.9. The summed E-state index contributed by atoms with van der Waals surface area (Å²) in [7, 11) is 0. The van der Waals surface area contributed by atoms with E-state index in [9.17, 15) is 0 Å². The van der Waals surface area contributed by atoms with Crippen molar-refractivity contribution < 1.29 is 14.3 Å². The Morgan fingerprint density at radius 1 is 1.20 bits per heavy atom. The standard InChI is InChI=1S/C19H27Cl2NO3/c1-6-15-13-16(23-11-8-17(20)21)12-14(2)18(15)24-10-7-9-22-25-19(3,4)5/h8-9,12-13H,6-7,10-11H2,1-5H3. The summed E-state index contributed by atoms with van der Waals surface area (Å²) in [5.74, 6) is 1.67. The van der Waals surface area contributed by atoms with Crippen molar-refractivity contribution in [3.05, 3.63) is 33.8 Å². The molecule has 0 spiro atoms. The van der Waals surface area contributed by atoms with E-state index in [0.29, 0.717) is 19.6 Å². The lowest BCUT2D eigenvalue weighted by Gasteiger charge is -2.16. The van der Waals surface area contributed by atoms with Crippen molar-refractivity contribution >= 4 is 29.4 Å². The van der Waals surface area contributed by atoms with Crippen molar-refractivity contribution in [3.63, 3.8) is 0 Å². The molecular weight excluding hydrogens is 361 g/mol. The topological polar surface area (TPSA) is 40.0 Å². The molecule has 1 aromatic rings. The molecule has 0 aromatic heterocycles. The molecule has 25 heavy (non-hydrogen) atoms. The molecule has 0 aliphatic carbocycles. The van der Waals surface area contributed by atoms with Gasteiger partial charge in [0.25, 0.3) is 0 Å². The van der Waals surface area contributed by atoms with E-state index >= 15 is 0 Å². The molecule has 0 unspecified atom stereocenters. The van der Waals surface area contributed by atoms with Gasteiger partial charge in [-0.05, 0) is 63.5 Å². The highest BCUT2D eigenvalue weighted by Crippen LogP contribution is 2.30. The molecule has 1 rings (SSSR count). The van der Waals surface area contributed by atoms with Gasteiger partial charge in [0.1, 0.15) is 28.2 Å². The third kappa shape index (κ3) is 9.03. The fourth-order valence-electron chi connectivity index (χ4n) is 2.03. The molecule has 0 amide bonds. The third-order valence-corrected chi connectivity index (χ3v) is 3.40. The molecule has 0 aliphatic heterocycles. The monoisotopic (exact) mass is 387 g/mol. The molecule has 0 heterocycles. The first-order valence-electron chi connectivity index (χ1n) is 8.33. The minimum Gasteiger partial charge on any atom is -0.493 e. The van der Waals surface area contributed by atoms with Crippen molar-refractivity contribution in [2.75, 3.05) is 13.2 Å². The highest BCUT2D eigenvalue weighted by molar-refractivity contribution is 6.55. The van der Waals surface area contributed by atoms with Crippen LogP contribution < -0.4 is 9.47 Å². The van der Waals surface area contributed by atoms with Crippen molar-refractivity contribution in [1.29, 1.82) is 0 Å². The van der Waals surface area contributed by atoms with E-state index in [2.05, 4.69) is 12.1 Å². The Labute approximate surface area is 160 Å². The van der Waals surface area contributed by atoms with Gasteiger partial charge in [-0.25, -0.2) is 0 Å². The second kappa shape index (κ2) is 10.6. The molecule has 0 fully saturated rings. The maximum Gasteiger partial charge on any atom is 0.129 e. The van der Waals surface area contributed by atoms with E-state index < -0.39 is 0 Å². The number of aryl methyl sites for hydroxylation is 2. The predicted octanol–water partition coefficient (Wildman–Crippen LogP) is 5.83. The fraction of sp³-hybridized carbons (Fsp3) is 0.526. The average Bonchev–Trinajstić information content (AvgIpc) is 2.50. The summed E-state index contributed by atoms with van der Waals surface area (Å²) in [5, 5.41) is 3.95. The first kappa shape index (κ1) is 21.7. The number of ether oxygens (including phenoxy) is 2. The lowest BCUT2D eigenvalue weighted by molar-refractivity contribution is 0.00148. The van der Waals surface area contributed by atoms with Gasteiger partial charge in [0, 0.05) is 12.6 Å². The number of oxime groups is 1. The molecule has 0 atom stereocenters. The van der Waals surface area contributed by atoms with Crippen LogP contribution in [0.15, 0.2) is 27.9 Å². The minimum atomic E-state index is -0.276. The summed E-state index contributed by atoms with van der Waals surface area (Å²) in [6, 6.07) is 3.93. The smallest absolute Gasteiger partial charge is 0.129 e. The molecule has 0 N–H and O–H groups in total. The molecule has 6 heteroatoms. The number of nitrogens with zero attached hydrogens (tertiary/aromatic N) is 1. The van der Waals surface area contributed by atoms with Crippen LogP contribution in [0.3, 0.4) is 0 Å². The summed E-state index contributed by atoms with van der Waals surface area (Å²) in [6.45, 7) is 10.8. The molecule has 0 saturated carbocycles. The van der Waals surface area contributed by atoms with Gasteiger partial charge in [0.2, 0.25) is 0 Å². The maximum absolute atomic E-state index is 5.93. The Balaban J connectivity index is 2.63. The number of hydrogen-bond donors (Lipinski definition) is 0. The van der Waals surface area contributed by atoms with Gasteiger partial charge in [-0.2, -0.15) is 0 Å². The van der Waals surface area contributed by atoms with Crippen LogP contribution in [0.2, 0.25) is 0 Å². The SMILES string of the molecule is CCc1cc(OCC=C(Cl)Cl)cc(C)c1OCCC=NOC(C)(C)C. The van der Waals surface area contributed by atoms with Crippen molar-refractivity contribution in [1.82, 2.24) is 0 Å². The first-order valence-corrected chi connectivity index (χ1v) is 9.08. The zero-order valence-corrected chi connectivity index (χ0v) is 17.1. The number of benzene rings is 1. The molecule has 140 valence electrons. The van der Waals surface area contributed by atoms with Gasteiger partial charge < -0.3 is 14.3 Å². The number of rotatable bonds is 9. The summed E-state index contributed by atoms with van der Waals surface area (Å²) < 4.78 is 11.8. The predicted molar refractivity (Wildman–Crippen MR) is 105 cm³/mol. The van der Waals surface area contributed by atoms with Crippen molar-refractivity contribution in [2.24, 2.45) is 5.16 Å². The van der Waals surface area contributed by atoms with Crippen LogP contribution in [0.1, 0.15) is 45.2 Å². The van der Waals surface area contributed by atoms with Crippen LogP contribution in [0.4, 0.5) is 0 Å². The summed E-state index contributed by atoms with van der Waals surface area (Å²) in [4.78, 5) is 5.29. The Hall–Kier alpha value is -1.39. The van der Waals surface area contributed by atoms with E-state index in [0.717, 1.165) is 29.0 Å². The van der Waals surface area contributed by atoms with Crippen LogP contribution in [-0.4, -0.2) is 25.0 Å². The molecular formula is C19H27Cl2NO3. The Morgan fingerprint density at radius 2 is 1.92 bits per heavy atom. The van der Waals surface area contributed by atoms with Crippen molar-refractivity contribution in [3.8, 4) is 11.5 Å². The van der Waals surface area contributed by atoms with Gasteiger partial charge in [-0.1, -0.05) is 35.3 Å². The zero-order valence-electron chi connectivity index (χ0n) is 15.6. The first-order chi connectivity index (χ1) is 11.7. The molecule has 0 radical (unpaired) electrons. The van der Waals surface area contributed by atoms with Crippen molar-refractivity contribution in [2.45, 2.75) is 53.1 Å². The lowest BCUT2D eigenvalue weighted by Crippen LogP contribution is -2.15. The molecule has 1 aromatic carbocycles. The van der Waals surface area contributed by atoms with Gasteiger partial charge in [-0.3, -0.25) is 0 Å². The number of hydrogen-bond acceptors (Lipinski definition) is 4. The quantitative estimate of drug-likeness (QED) is 0.304. The summed E-state index contributed by atoms with van der Waals surface area (Å²) in [5.41, 5.74) is 1.85. The van der Waals surface area contributed by atoms with E-state index in [-0.39, 0.29) is 10.1 Å².